The summed E-state index contributed by atoms with van der Waals surface area (Å²) in [6.07, 6.45) is 0. The molecular weight excluding hydrogens is 303 g/mol. The third-order valence-electron chi connectivity index (χ3n) is 3.02. The van der Waals surface area contributed by atoms with Gasteiger partial charge in [0.1, 0.15) is 41.8 Å². The van der Waals surface area contributed by atoms with E-state index in [9.17, 15) is 9.18 Å². The fourth-order valence-electron chi connectivity index (χ4n) is 1.87. The Labute approximate surface area is 133 Å². The van der Waals surface area contributed by atoms with E-state index >= 15 is 0 Å². The lowest BCUT2D eigenvalue weighted by atomic mass is 10.2. The summed E-state index contributed by atoms with van der Waals surface area (Å²) in [6.45, 7) is 0.442. The van der Waals surface area contributed by atoms with E-state index < -0.39 is 5.97 Å². The molecule has 0 spiro atoms. The number of halogens is 1. The molecular formula is C17H17FO5. The zero-order valence-corrected chi connectivity index (χ0v) is 12.9. The predicted octanol–water partition coefficient (Wildman–Crippen LogP) is 3.08. The van der Waals surface area contributed by atoms with E-state index in [2.05, 4.69) is 0 Å². The first kappa shape index (κ1) is 16.6. The first-order chi connectivity index (χ1) is 11.1. The van der Waals surface area contributed by atoms with Crippen LogP contribution in [0.2, 0.25) is 0 Å². The lowest BCUT2D eigenvalue weighted by Gasteiger charge is -2.12. The van der Waals surface area contributed by atoms with Gasteiger partial charge in [0.2, 0.25) is 0 Å². The van der Waals surface area contributed by atoms with Gasteiger partial charge in [0.15, 0.2) is 0 Å². The van der Waals surface area contributed by atoms with Crippen molar-refractivity contribution in [2.45, 2.75) is 0 Å². The lowest BCUT2D eigenvalue weighted by Crippen LogP contribution is -2.12. The van der Waals surface area contributed by atoms with Crippen LogP contribution in [0.1, 0.15) is 10.4 Å². The Kier molecular flexibility index (Phi) is 5.80. The number of hydrogen-bond donors (Lipinski definition) is 0. The fraction of sp³-hybridized carbons (Fsp3) is 0.235. The van der Waals surface area contributed by atoms with Crippen molar-refractivity contribution in [1.82, 2.24) is 0 Å². The quantitative estimate of drug-likeness (QED) is 0.580. The molecule has 0 aliphatic rings. The van der Waals surface area contributed by atoms with Crippen molar-refractivity contribution in [2.24, 2.45) is 0 Å². The van der Waals surface area contributed by atoms with Crippen molar-refractivity contribution in [2.75, 3.05) is 27.4 Å². The highest BCUT2D eigenvalue weighted by Gasteiger charge is 2.14. The minimum atomic E-state index is -0.498. The van der Waals surface area contributed by atoms with Crippen molar-refractivity contribution in [1.29, 1.82) is 0 Å². The molecule has 0 heterocycles. The normalized spacial score (nSPS) is 10.0. The van der Waals surface area contributed by atoms with Gasteiger partial charge >= 0.3 is 5.97 Å². The number of ether oxygens (including phenoxy) is 4. The first-order valence-electron chi connectivity index (χ1n) is 6.91. The molecule has 23 heavy (non-hydrogen) atoms. The van der Waals surface area contributed by atoms with Crippen LogP contribution in [0.4, 0.5) is 4.39 Å². The number of methoxy groups -OCH3 is 2. The van der Waals surface area contributed by atoms with E-state index in [0.29, 0.717) is 22.8 Å². The molecule has 2 aromatic rings. The van der Waals surface area contributed by atoms with Crippen LogP contribution in [0.15, 0.2) is 42.5 Å². The first-order valence-corrected chi connectivity index (χ1v) is 6.91. The minimum Gasteiger partial charge on any atom is -0.497 e. The van der Waals surface area contributed by atoms with Gasteiger partial charge in [-0.15, -0.1) is 0 Å². The third kappa shape index (κ3) is 4.60. The van der Waals surface area contributed by atoms with Gasteiger partial charge in [0.05, 0.1) is 14.2 Å². The number of benzene rings is 2. The van der Waals surface area contributed by atoms with E-state index in [-0.39, 0.29) is 19.0 Å². The second-order valence-corrected chi connectivity index (χ2v) is 4.50. The van der Waals surface area contributed by atoms with E-state index in [0.717, 1.165) is 0 Å². The second-order valence-electron chi connectivity index (χ2n) is 4.50. The lowest BCUT2D eigenvalue weighted by molar-refractivity contribution is 0.0595. The molecule has 6 heteroatoms. The molecule has 0 fully saturated rings. The van der Waals surface area contributed by atoms with Gasteiger partial charge in [-0.05, 0) is 36.4 Å². The third-order valence-corrected chi connectivity index (χ3v) is 3.02. The minimum absolute atomic E-state index is 0.203. The maximum absolute atomic E-state index is 12.8. The molecule has 0 amide bonds. The Morgan fingerprint density at radius 2 is 1.61 bits per heavy atom. The maximum atomic E-state index is 12.8. The van der Waals surface area contributed by atoms with Gasteiger partial charge in [0, 0.05) is 6.07 Å². The summed E-state index contributed by atoms with van der Waals surface area (Å²) in [5.74, 6) is 0.620. The molecule has 0 saturated heterocycles. The zero-order valence-electron chi connectivity index (χ0n) is 12.9. The smallest absolute Gasteiger partial charge is 0.341 e. The highest BCUT2D eigenvalue weighted by molar-refractivity contribution is 5.92. The summed E-state index contributed by atoms with van der Waals surface area (Å²) < 4.78 is 33.6. The average molecular weight is 320 g/mol. The van der Waals surface area contributed by atoms with Gasteiger partial charge in [-0.2, -0.15) is 0 Å². The van der Waals surface area contributed by atoms with Crippen LogP contribution in [0, 0.1) is 5.82 Å². The molecule has 0 atom stereocenters. The Hall–Kier alpha value is -2.76. The maximum Gasteiger partial charge on any atom is 0.341 e. The number of carbonyl (C=O) groups is 1. The van der Waals surface area contributed by atoms with E-state index in [1.807, 2.05) is 0 Å². The van der Waals surface area contributed by atoms with Crippen LogP contribution >= 0.6 is 0 Å². The van der Waals surface area contributed by atoms with Gasteiger partial charge in [-0.3, -0.25) is 0 Å². The molecule has 0 aromatic heterocycles. The van der Waals surface area contributed by atoms with Crippen molar-refractivity contribution >= 4 is 5.97 Å². The Morgan fingerprint density at radius 3 is 2.26 bits per heavy atom. The van der Waals surface area contributed by atoms with E-state index in [4.69, 9.17) is 18.9 Å². The second kappa shape index (κ2) is 8.03. The summed E-state index contributed by atoms with van der Waals surface area (Å²) in [5.41, 5.74) is 0.301. The molecule has 0 N–H and O–H groups in total. The number of rotatable bonds is 7. The number of hydrogen-bond acceptors (Lipinski definition) is 5. The van der Waals surface area contributed by atoms with Crippen LogP contribution in [-0.4, -0.2) is 33.4 Å². The molecule has 0 aliphatic heterocycles. The van der Waals surface area contributed by atoms with Crippen LogP contribution < -0.4 is 14.2 Å². The van der Waals surface area contributed by atoms with Crippen molar-refractivity contribution in [3.63, 3.8) is 0 Å². The van der Waals surface area contributed by atoms with Gasteiger partial charge in [0.25, 0.3) is 0 Å². The standard InChI is InChI=1S/C17H17FO5/c1-20-14-7-8-15(17(19)21-2)16(11-14)23-10-9-22-13-5-3-12(18)4-6-13/h3-8,11H,9-10H2,1-2H3. The number of carbonyl (C=O) groups excluding carboxylic acids is 1. The molecule has 2 aromatic carbocycles. The van der Waals surface area contributed by atoms with Crippen LogP contribution in [0.25, 0.3) is 0 Å². The number of esters is 1. The predicted molar refractivity (Wildman–Crippen MR) is 81.7 cm³/mol. The highest BCUT2D eigenvalue weighted by Crippen LogP contribution is 2.25. The van der Waals surface area contributed by atoms with Gasteiger partial charge in [-0.1, -0.05) is 0 Å². The van der Waals surface area contributed by atoms with Crippen molar-refractivity contribution < 1.29 is 28.1 Å². The van der Waals surface area contributed by atoms with Gasteiger partial charge in [-0.25, -0.2) is 9.18 Å². The Bertz CT molecular complexity index is 655. The zero-order chi connectivity index (χ0) is 16.7. The summed E-state index contributed by atoms with van der Waals surface area (Å²) in [6, 6.07) is 10.5. The molecule has 0 saturated carbocycles. The SMILES string of the molecule is COC(=O)c1ccc(OC)cc1OCCOc1ccc(F)cc1. The monoisotopic (exact) mass is 320 g/mol. The fourth-order valence-corrected chi connectivity index (χ4v) is 1.87. The topological polar surface area (TPSA) is 54.0 Å². The molecule has 5 nitrogen and oxygen atoms in total. The van der Waals surface area contributed by atoms with Crippen LogP contribution in [0.3, 0.4) is 0 Å². The molecule has 122 valence electrons. The molecule has 0 radical (unpaired) electrons. The molecule has 0 bridgehead atoms. The highest BCUT2D eigenvalue weighted by atomic mass is 19.1. The Balaban J connectivity index is 1.95. The average Bonchev–Trinajstić information content (AvgIpc) is 2.59. The van der Waals surface area contributed by atoms with E-state index in [1.54, 1.807) is 18.2 Å². The summed E-state index contributed by atoms with van der Waals surface area (Å²) in [5, 5.41) is 0. The largest absolute Gasteiger partial charge is 0.497 e. The molecule has 0 unspecified atom stereocenters. The van der Waals surface area contributed by atoms with Crippen molar-refractivity contribution in [3.8, 4) is 17.2 Å². The van der Waals surface area contributed by atoms with Gasteiger partial charge < -0.3 is 18.9 Å². The summed E-state index contributed by atoms with van der Waals surface area (Å²) in [4.78, 5) is 11.7. The van der Waals surface area contributed by atoms with E-state index in [1.165, 1.54) is 38.5 Å². The summed E-state index contributed by atoms with van der Waals surface area (Å²) >= 11 is 0. The van der Waals surface area contributed by atoms with Crippen LogP contribution in [0.5, 0.6) is 17.2 Å². The summed E-state index contributed by atoms with van der Waals surface area (Å²) in [7, 11) is 2.82. The molecule has 2 rings (SSSR count). The van der Waals surface area contributed by atoms with Crippen molar-refractivity contribution in [3.05, 3.63) is 53.8 Å². The Morgan fingerprint density at radius 1 is 0.957 bits per heavy atom. The van der Waals surface area contributed by atoms with Crippen LogP contribution in [-0.2, 0) is 4.74 Å². The molecule has 0 aliphatic carbocycles.